The lowest BCUT2D eigenvalue weighted by molar-refractivity contribution is -0.152. The predicted octanol–water partition coefficient (Wildman–Crippen LogP) is 4.59. The Morgan fingerprint density at radius 1 is 1.52 bits per heavy atom. The third-order valence-electron chi connectivity index (χ3n) is 6.20. The van der Waals surface area contributed by atoms with Crippen molar-refractivity contribution < 1.29 is 14.3 Å². The van der Waals surface area contributed by atoms with Crippen LogP contribution in [0.1, 0.15) is 44.2 Å². The summed E-state index contributed by atoms with van der Waals surface area (Å²) in [5.41, 5.74) is 1.90. The molecule has 1 aromatic rings. The van der Waals surface area contributed by atoms with E-state index in [0.29, 0.717) is 5.69 Å². The Hall–Kier alpha value is -2.02. The molecule has 0 N–H and O–H groups in total. The minimum atomic E-state index is -1.10. The molecule has 0 radical (unpaired) electrons. The summed E-state index contributed by atoms with van der Waals surface area (Å²) in [6, 6.07) is 5.52. The number of fused-ring (bicyclic) bond motifs is 1. The maximum absolute atomic E-state index is 13.3. The normalized spacial score (nSPS) is 31.7. The van der Waals surface area contributed by atoms with Gasteiger partial charge in [0.25, 0.3) is 0 Å². The molecule has 3 rings (SSSR count). The zero-order valence-corrected chi connectivity index (χ0v) is 16.8. The fourth-order valence-electron chi connectivity index (χ4n) is 5.11. The summed E-state index contributed by atoms with van der Waals surface area (Å²) in [6.45, 7) is 11.6. The van der Waals surface area contributed by atoms with Crippen LogP contribution in [-0.4, -0.2) is 25.8 Å². The van der Waals surface area contributed by atoms with Gasteiger partial charge in [-0.25, -0.2) is 4.85 Å². The fraction of sp³-hybridized carbons (Fsp3) is 0.571. The van der Waals surface area contributed by atoms with Crippen LogP contribution in [0.15, 0.2) is 18.2 Å². The molecule has 0 aliphatic heterocycles. The second-order valence-electron chi connectivity index (χ2n) is 7.50. The maximum Gasteiger partial charge on any atom is 0.328 e. The van der Waals surface area contributed by atoms with Crippen LogP contribution in [0.4, 0.5) is 5.69 Å². The molecule has 0 unspecified atom stereocenters. The molecule has 27 heavy (non-hydrogen) atoms. The first kappa shape index (κ1) is 19.7. The van der Waals surface area contributed by atoms with Crippen molar-refractivity contribution in [3.8, 4) is 5.40 Å². The number of methoxy groups -OCH3 is 1. The number of rotatable bonds is 4. The van der Waals surface area contributed by atoms with Crippen molar-refractivity contribution in [3.05, 3.63) is 40.7 Å². The van der Waals surface area contributed by atoms with E-state index < -0.39 is 10.2 Å². The van der Waals surface area contributed by atoms with Gasteiger partial charge in [0.2, 0.25) is 0 Å². The van der Waals surface area contributed by atoms with E-state index in [9.17, 15) is 10.1 Å². The average Bonchev–Trinajstić information content (AvgIpc) is 2.91. The summed E-state index contributed by atoms with van der Waals surface area (Å²) < 4.78 is 10.0. The number of carbonyl (C=O) groups is 1. The molecule has 1 aromatic carbocycles. The van der Waals surface area contributed by atoms with Crippen molar-refractivity contribution in [2.24, 2.45) is 11.3 Å². The largest absolute Gasteiger partial charge is 0.465 e. The molecule has 0 aromatic heterocycles. The topological polar surface area (TPSA) is 63.7 Å². The summed E-state index contributed by atoms with van der Waals surface area (Å²) >= 11 is 1.000. The smallest absolute Gasteiger partial charge is 0.328 e. The third kappa shape index (κ3) is 2.92. The highest BCUT2D eigenvalue weighted by Gasteiger charge is 2.65. The number of nitrogens with zero attached hydrogens (tertiary/aromatic N) is 2. The van der Waals surface area contributed by atoms with Crippen LogP contribution in [0.2, 0.25) is 0 Å². The Morgan fingerprint density at radius 2 is 2.30 bits per heavy atom. The molecule has 142 valence electrons. The molecule has 1 saturated carbocycles. The van der Waals surface area contributed by atoms with Gasteiger partial charge in [0.05, 0.1) is 19.3 Å². The third-order valence-corrected chi connectivity index (χ3v) is 7.41. The van der Waals surface area contributed by atoms with Crippen LogP contribution in [0.5, 0.6) is 0 Å². The highest BCUT2D eigenvalue weighted by atomic mass is 32.2. The van der Waals surface area contributed by atoms with E-state index in [4.69, 9.17) is 16.0 Å². The highest BCUT2D eigenvalue weighted by molar-refractivity contribution is 8.05. The summed E-state index contributed by atoms with van der Waals surface area (Å²) in [5.74, 6) is -0.0908. The molecule has 0 amide bonds. The summed E-state index contributed by atoms with van der Waals surface area (Å²) in [6.07, 6.45) is 3.28. The van der Waals surface area contributed by atoms with E-state index in [1.54, 1.807) is 26.2 Å². The minimum absolute atomic E-state index is 0.158. The Bertz CT molecular complexity index is 828. The fourth-order valence-corrected chi connectivity index (χ4v) is 6.16. The number of esters is 1. The van der Waals surface area contributed by atoms with Crippen molar-refractivity contribution in [1.29, 1.82) is 5.26 Å². The molecule has 2 aliphatic carbocycles. The van der Waals surface area contributed by atoms with Gasteiger partial charge in [-0.05, 0) is 61.4 Å². The number of thiocyanates is 1. The van der Waals surface area contributed by atoms with Crippen LogP contribution in [-0.2, 0) is 25.4 Å². The monoisotopic (exact) mass is 384 g/mol. The summed E-state index contributed by atoms with van der Waals surface area (Å²) in [5, 5.41) is 11.8. The van der Waals surface area contributed by atoms with Crippen molar-refractivity contribution >= 4 is 23.4 Å². The molecule has 4 atom stereocenters. The van der Waals surface area contributed by atoms with E-state index >= 15 is 0 Å². The maximum atomic E-state index is 13.3. The number of hydrogen-bond donors (Lipinski definition) is 0. The molecule has 1 fully saturated rings. The van der Waals surface area contributed by atoms with Crippen molar-refractivity contribution in [2.75, 3.05) is 13.7 Å². The van der Waals surface area contributed by atoms with Crippen LogP contribution in [0, 0.1) is 28.6 Å². The molecular formula is C21H24N2O3S. The Labute approximate surface area is 164 Å². The number of thioether (sulfide) groups is 1. The Kier molecular flexibility index (Phi) is 5.51. The first-order chi connectivity index (χ1) is 13.0. The van der Waals surface area contributed by atoms with Gasteiger partial charge in [0.15, 0.2) is 10.4 Å². The standard InChI is InChI=1S/C21H24N2O3S/c1-5-26-19(24)21(27-13-22)17-10-16(23-3)7-6-15(17)12-20(21)9-8-18(25-4)14(2)11-20/h6-7,10,14,18H,5,8-9,11-12H2,1-2,4H3/t14-,18-,20-,21+/m0/s1. The van der Waals surface area contributed by atoms with E-state index in [2.05, 4.69) is 17.2 Å². The number of ether oxygens (including phenoxy) is 2. The lowest BCUT2D eigenvalue weighted by atomic mass is 9.62. The first-order valence-corrected chi connectivity index (χ1v) is 10.1. The quantitative estimate of drug-likeness (QED) is 0.432. The molecule has 0 heterocycles. The Morgan fingerprint density at radius 3 is 2.89 bits per heavy atom. The number of carbonyl (C=O) groups excluding carboxylic acids is 1. The zero-order chi connectivity index (χ0) is 19.7. The lowest BCUT2D eigenvalue weighted by Gasteiger charge is -2.48. The average molecular weight is 385 g/mol. The number of nitriles is 1. The van der Waals surface area contributed by atoms with Gasteiger partial charge < -0.3 is 9.47 Å². The van der Waals surface area contributed by atoms with Gasteiger partial charge in [-0.1, -0.05) is 25.1 Å². The molecule has 5 nitrogen and oxygen atoms in total. The number of benzene rings is 1. The zero-order valence-electron chi connectivity index (χ0n) is 15.9. The van der Waals surface area contributed by atoms with Gasteiger partial charge in [0.1, 0.15) is 5.40 Å². The van der Waals surface area contributed by atoms with Gasteiger partial charge in [-0.3, -0.25) is 4.79 Å². The second kappa shape index (κ2) is 7.54. The van der Waals surface area contributed by atoms with Crippen molar-refractivity contribution in [1.82, 2.24) is 0 Å². The van der Waals surface area contributed by atoms with Crippen LogP contribution >= 0.6 is 11.8 Å². The summed E-state index contributed by atoms with van der Waals surface area (Å²) in [4.78, 5) is 16.9. The van der Waals surface area contributed by atoms with Gasteiger partial charge in [-0.2, -0.15) is 5.26 Å². The van der Waals surface area contributed by atoms with Crippen LogP contribution < -0.4 is 0 Å². The van der Waals surface area contributed by atoms with Gasteiger partial charge in [0, 0.05) is 12.5 Å². The highest BCUT2D eigenvalue weighted by Crippen LogP contribution is 2.65. The van der Waals surface area contributed by atoms with E-state index in [1.165, 1.54) is 0 Å². The predicted molar refractivity (Wildman–Crippen MR) is 104 cm³/mol. The lowest BCUT2D eigenvalue weighted by Crippen LogP contribution is -2.51. The van der Waals surface area contributed by atoms with Gasteiger partial charge in [-0.15, -0.1) is 0 Å². The molecule has 2 aliphatic rings. The van der Waals surface area contributed by atoms with Crippen LogP contribution in [0.25, 0.3) is 4.85 Å². The minimum Gasteiger partial charge on any atom is -0.465 e. The second-order valence-corrected chi connectivity index (χ2v) is 8.50. The molecular weight excluding hydrogens is 360 g/mol. The van der Waals surface area contributed by atoms with Crippen LogP contribution in [0.3, 0.4) is 0 Å². The van der Waals surface area contributed by atoms with E-state index in [-0.39, 0.29) is 24.6 Å². The van der Waals surface area contributed by atoms with E-state index in [1.807, 2.05) is 6.07 Å². The molecule has 6 heteroatoms. The van der Waals surface area contributed by atoms with E-state index in [0.717, 1.165) is 48.6 Å². The molecule has 0 saturated heterocycles. The number of hydrogen-bond acceptors (Lipinski definition) is 5. The molecule has 0 bridgehead atoms. The van der Waals surface area contributed by atoms with Gasteiger partial charge >= 0.3 is 5.97 Å². The first-order valence-electron chi connectivity index (χ1n) is 9.26. The Balaban J connectivity index is 2.20. The van der Waals surface area contributed by atoms with Crippen molar-refractivity contribution in [2.45, 2.75) is 50.4 Å². The van der Waals surface area contributed by atoms with Crippen molar-refractivity contribution in [3.63, 3.8) is 0 Å². The SMILES string of the molecule is [C-]#[N+]c1ccc2c(c1)[C@@](SC#N)(C(=O)OCC)[C@]1(CC[C@H](OC)[C@@H](C)C1)C2. The molecule has 1 spiro atoms. The summed E-state index contributed by atoms with van der Waals surface area (Å²) in [7, 11) is 1.73.